The van der Waals surface area contributed by atoms with Crippen molar-refractivity contribution in [2.75, 3.05) is 25.0 Å². The molecule has 1 aliphatic heterocycles. The van der Waals surface area contributed by atoms with Crippen molar-refractivity contribution in [2.45, 2.75) is 26.8 Å². The number of nitrogens with zero attached hydrogens (tertiary/aromatic N) is 2. The summed E-state index contributed by atoms with van der Waals surface area (Å²) in [6, 6.07) is 5.15. The first kappa shape index (κ1) is 20.4. The Labute approximate surface area is 168 Å². The van der Waals surface area contributed by atoms with Gasteiger partial charge in [0.2, 0.25) is 5.91 Å². The van der Waals surface area contributed by atoms with Crippen molar-refractivity contribution in [1.82, 2.24) is 15.2 Å². The van der Waals surface area contributed by atoms with Crippen molar-refractivity contribution in [3.8, 4) is 0 Å². The lowest BCUT2D eigenvalue weighted by atomic mass is 9.92. The number of hydrogen-bond donors (Lipinski definition) is 2. The third-order valence-electron chi connectivity index (χ3n) is 4.64. The third-order valence-corrected chi connectivity index (χ3v) is 5.45. The summed E-state index contributed by atoms with van der Waals surface area (Å²) in [6.07, 6.45) is 1.26. The predicted molar refractivity (Wildman–Crippen MR) is 108 cm³/mol. The number of carbonyl (C=O) groups is 2. The van der Waals surface area contributed by atoms with Crippen LogP contribution in [-0.4, -0.2) is 41.3 Å². The molecule has 6 nitrogen and oxygen atoms in total. The first-order valence-electron chi connectivity index (χ1n) is 9.39. The minimum absolute atomic E-state index is 0.174. The van der Waals surface area contributed by atoms with Crippen LogP contribution < -0.4 is 10.6 Å². The standard InChI is InChI=1S/C20H25FN4O2S/c1-13-7-14(2)10-25(9-13)11-17-12-28-20(23-17)24-18(26)8-22-19(27)15-3-5-16(21)6-4-15/h3-6,12-14H,7-11H2,1-2H3,(H,22,27)(H,23,24,26). The molecule has 150 valence electrons. The minimum Gasteiger partial charge on any atom is -0.343 e. The van der Waals surface area contributed by atoms with Crippen molar-refractivity contribution in [3.05, 3.63) is 46.7 Å². The summed E-state index contributed by atoms with van der Waals surface area (Å²) >= 11 is 1.38. The monoisotopic (exact) mass is 404 g/mol. The van der Waals surface area contributed by atoms with Crippen molar-refractivity contribution >= 4 is 28.3 Å². The van der Waals surface area contributed by atoms with Crippen LogP contribution in [0.25, 0.3) is 0 Å². The van der Waals surface area contributed by atoms with Crippen LogP contribution in [0.3, 0.4) is 0 Å². The average Bonchev–Trinajstić information content (AvgIpc) is 3.06. The molecule has 0 bridgehead atoms. The first-order chi connectivity index (χ1) is 13.4. The lowest BCUT2D eigenvalue weighted by molar-refractivity contribution is -0.115. The van der Waals surface area contributed by atoms with E-state index in [9.17, 15) is 14.0 Å². The van der Waals surface area contributed by atoms with Gasteiger partial charge in [-0.05, 0) is 42.5 Å². The Balaban J connectivity index is 1.46. The second-order valence-electron chi connectivity index (χ2n) is 7.52. The van der Waals surface area contributed by atoms with Gasteiger partial charge in [-0.15, -0.1) is 11.3 Å². The number of rotatable bonds is 6. The maximum absolute atomic E-state index is 12.9. The second kappa shape index (κ2) is 9.25. The van der Waals surface area contributed by atoms with Crippen molar-refractivity contribution in [2.24, 2.45) is 11.8 Å². The maximum atomic E-state index is 12.9. The molecule has 0 saturated carbocycles. The zero-order valence-corrected chi connectivity index (χ0v) is 16.9. The van der Waals surface area contributed by atoms with Crippen LogP contribution in [0.2, 0.25) is 0 Å². The summed E-state index contributed by atoms with van der Waals surface area (Å²) in [5.74, 6) is 0.180. The fraction of sp³-hybridized carbons (Fsp3) is 0.450. The highest BCUT2D eigenvalue weighted by Crippen LogP contribution is 2.23. The van der Waals surface area contributed by atoms with Gasteiger partial charge < -0.3 is 10.6 Å². The smallest absolute Gasteiger partial charge is 0.251 e. The van der Waals surface area contributed by atoms with E-state index in [-0.39, 0.29) is 12.5 Å². The van der Waals surface area contributed by atoms with Gasteiger partial charge in [-0.2, -0.15) is 0 Å². The number of hydrogen-bond acceptors (Lipinski definition) is 5. The number of benzene rings is 1. The topological polar surface area (TPSA) is 74.3 Å². The Bertz CT molecular complexity index is 814. The molecule has 2 aromatic rings. The number of thiazole rings is 1. The molecule has 1 aromatic carbocycles. The highest BCUT2D eigenvalue weighted by molar-refractivity contribution is 7.13. The molecule has 2 amide bonds. The molecular weight excluding hydrogens is 379 g/mol. The predicted octanol–water partition coefficient (Wildman–Crippen LogP) is 3.13. The minimum atomic E-state index is -0.427. The first-order valence-corrected chi connectivity index (χ1v) is 10.3. The Hall–Kier alpha value is -2.32. The highest BCUT2D eigenvalue weighted by Gasteiger charge is 2.22. The van der Waals surface area contributed by atoms with E-state index in [0.29, 0.717) is 22.5 Å². The summed E-state index contributed by atoms with van der Waals surface area (Å²) in [5.41, 5.74) is 1.24. The molecule has 2 atom stereocenters. The number of piperidine rings is 1. The van der Waals surface area contributed by atoms with Crippen LogP contribution in [0, 0.1) is 17.7 Å². The van der Waals surface area contributed by atoms with Crippen LogP contribution in [-0.2, 0) is 11.3 Å². The van der Waals surface area contributed by atoms with E-state index in [1.54, 1.807) is 0 Å². The fourth-order valence-electron chi connectivity index (χ4n) is 3.61. The quantitative estimate of drug-likeness (QED) is 0.776. The van der Waals surface area contributed by atoms with Crippen LogP contribution >= 0.6 is 11.3 Å². The number of nitrogens with one attached hydrogen (secondary N) is 2. The molecular formula is C20H25FN4O2S. The molecule has 1 fully saturated rings. The third kappa shape index (κ3) is 5.84. The van der Waals surface area contributed by atoms with Gasteiger partial charge in [0.15, 0.2) is 5.13 Å². The number of carbonyl (C=O) groups excluding carboxylic acids is 2. The van der Waals surface area contributed by atoms with E-state index >= 15 is 0 Å². The summed E-state index contributed by atoms with van der Waals surface area (Å²) in [7, 11) is 0. The van der Waals surface area contributed by atoms with Crippen LogP contribution in [0.4, 0.5) is 9.52 Å². The number of likely N-dealkylation sites (tertiary alicyclic amines) is 1. The SMILES string of the molecule is CC1CC(C)CN(Cc2csc(NC(=O)CNC(=O)c3ccc(F)cc3)n2)C1. The molecule has 8 heteroatoms. The zero-order valence-electron chi connectivity index (χ0n) is 16.1. The highest BCUT2D eigenvalue weighted by atomic mass is 32.1. The van der Waals surface area contributed by atoms with Gasteiger partial charge in [0.1, 0.15) is 5.82 Å². The van der Waals surface area contributed by atoms with Gasteiger partial charge in [0.05, 0.1) is 12.2 Å². The molecule has 1 aromatic heterocycles. The molecule has 2 unspecified atom stereocenters. The fourth-order valence-corrected chi connectivity index (χ4v) is 4.33. The Kier molecular flexibility index (Phi) is 6.74. The lowest BCUT2D eigenvalue weighted by Gasteiger charge is -2.34. The largest absolute Gasteiger partial charge is 0.343 e. The Morgan fingerprint density at radius 3 is 2.57 bits per heavy atom. The Morgan fingerprint density at radius 2 is 1.89 bits per heavy atom. The molecule has 2 N–H and O–H groups in total. The summed E-state index contributed by atoms with van der Waals surface area (Å²) in [5, 5.41) is 7.70. The number of amides is 2. The maximum Gasteiger partial charge on any atom is 0.251 e. The van der Waals surface area contributed by atoms with Crippen molar-refractivity contribution in [1.29, 1.82) is 0 Å². The summed E-state index contributed by atoms with van der Waals surface area (Å²) in [6.45, 7) is 7.29. The van der Waals surface area contributed by atoms with Crippen LogP contribution in [0.15, 0.2) is 29.6 Å². The van der Waals surface area contributed by atoms with E-state index in [1.807, 2.05) is 5.38 Å². The summed E-state index contributed by atoms with van der Waals surface area (Å²) in [4.78, 5) is 30.9. The molecule has 2 heterocycles. The van der Waals surface area contributed by atoms with E-state index < -0.39 is 11.7 Å². The zero-order chi connectivity index (χ0) is 20.1. The normalized spacial score (nSPS) is 20.0. The van der Waals surface area contributed by atoms with Gasteiger partial charge >= 0.3 is 0 Å². The van der Waals surface area contributed by atoms with Crippen LogP contribution in [0.1, 0.15) is 36.3 Å². The lowest BCUT2D eigenvalue weighted by Crippen LogP contribution is -2.38. The van der Waals surface area contributed by atoms with E-state index in [1.165, 1.54) is 42.0 Å². The Morgan fingerprint density at radius 1 is 1.21 bits per heavy atom. The number of aromatic nitrogens is 1. The van der Waals surface area contributed by atoms with Gasteiger partial charge in [0.25, 0.3) is 5.91 Å². The van der Waals surface area contributed by atoms with Gasteiger partial charge in [-0.25, -0.2) is 9.37 Å². The molecule has 0 spiro atoms. The van der Waals surface area contributed by atoms with E-state index in [2.05, 4.69) is 34.4 Å². The second-order valence-corrected chi connectivity index (χ2v) is 8.38. The van der Waals surface area contributed by atoms with Crippen molar-refractivity contribution < 1.29 is 14.0 Å². The van der Waals surface area contributed by atoms with Gasteiger partial charge in [-0.1, -0.05) is 13.8 Å². The molecule has 1 aliphatic rings. The number of halogens is 1. The molecule has 0 aliphatic carbocycles. The van der Waals surface area contributed by atoms with Crippen LogP contribution in [0.5, 0.6) is 0 Å². The van der Waals surface area contributed by atoms with E-state index in [0.717, 1.165) is 25.3 Å². The van der Waals surface area contributed by atoms with Crippen molar-refractivity contribution in [3.63, 3.8) is 0 Å². The van der Waals surface area contributed by atoms with Gasteiger partial charge in [-0.3, -0.25) is 14.5 Å². The van der Waals surface area contributed by atoms with E-state index in [4.69, 9.17) is 0 Å². The average molecular weight is 405 g/mol. The van der Waals surface area contributed by atoms with Gasteiger partial charge in [0, 0.05) is 30.6 Å². The number of anilines is 1. The molecule has 1 saturated heterocycles. The molecule has 28 heavy (non-hydrogen) atoms. The molecule has 0 radical (unpaired) electrons. The molecule has 3 rings (SSSR count). The summed E-state index contributed by atoms with van der Waals surface area (Å²) < 4.78 is 12.9.